The predicted octanol–water partition coefficient (Wildman–Crippen LogP) is 6.08. The number of nitrogens with one attached hydrogen (secondary N) is 1. The van der Waals surface area contributed by atoms with E-state index >= 15 is 0 Å². The Labute approximate surface area is 249 Å². The molecule has 40 heavy (non-hydrogen) atoms. The standard InChI is InChI=1S/C30H33BrClN3O4S/c1-21-18-25(32)16-17-28(21)35(40(38,39)27-10-4-3-5-11-27)20-29(36)34(19-23-12-14-24(31)15-13-23)22(2)30(37)33-26-8-6-7-9-26/h3-5,10-18,22,26H,6-9,19-20H2,1-2H3,(H,33,37)/t22-/m1/s1. The van der Waals surface area contributed by atoms with E-state index in [0.29, 0.717) is 16.3 Å². The Hall–Kier alpha value is -2.88. The number of carbonyl (C=O) groups is 2. The van der Waals surface area contributed by atoms with Crippen molar-refractivity contribution in [3.63, 3.8) is 0 Å². The van der Waals surface area contributed by atoms with Crippen LogP contribution in [0.5, 0.6) is 0 Å². The fourth-order valence-corrected chi connectivity index (χ4v) is 6.88. The van der Waals surface area contributed by atoms with Crippen molar-refractivity contribution in [3.05, 3.63) is 93.4 Å². The molecule has 1 saturated carbocycles. The number of anilines is 1. The third-order valence-corrected chi connectivity index (χ3v) is 9.71. The highest BCUT2D eigenvalue weighted by Gasteiger charge is 2.33. The van der Waals surface area contributed by atoms with E-state index < -0.39 is 28.5 Å². The molecule has 2 amide bonds. The first-order valence-electron chi connectivity index (χ1n) is 13.2. The van der Waals surface area contributed by atoms with Crippen LogP contribution in [0.4, 0.5) is 5.69 Å². The normalized spacial score (nSPS) is 14.5. The summed E-state index contributed by atoms with van der Waals surface area (Å²) in [5.41, 5.74) is 1.76. The Bertz CT molecular complexity index is 1450. The maximum atomic E-state index is 14.0. The second-order valence-electron chi connectivity index (χ2n) is 10.1. The first kappa shape index (κ1) is 30.1. The number of benzene rings is 3. The van der Waals surface area contributed by atoms with Crippen molar-refractivity contribution < 1.29 is 18.0 Å². The molecule has 1 aliphatic rings. The SMILES string of the molecule is Cc1cc(Cl)ccc1N(CC(=O)N(Cc1ccc(Br)cc1)[C@H](C)C(=O)NC1CCCC1)S(=O)(=O)c1ccccc1. The van der Waals surface area contributed by atoms with Gasteiger partial charge in [-0.3, -0.25) is 13.9 Å². The molecule has 0 saturated heterocycles. The van der Waals surface area contributed by atoms with Crippen LogP contribution in [0.3, 0.4) is 0 Å². The molecular weight excluding hydrogens is 614 g/mol. The van der Waals surface area contributed by atoms with Crippen molar-refractivity contribution in [1.29, 1.82) is 0 Å². The summed E-state index contributed by atoms with van der Waals surface area (Å²) in [7, 11) is -4.13. The molecule has 1 aliphatic carbocycles. The lowest BCUT2D eigenvalue weighted by molar-refractivity contribution is -0.139. The van der Waals surface area contributed by atoms with E-state index in [9.17, 15) is 18.0 Å². The van der Waals surface area contributed by atoms with Gasteiger partial charge >= 0.3 is 0 Å². The summed E-state index contributed by atoms with van der Waals surface area (Å²) in [6.07, 6.45) is 3.96. The van der Waals surface area contributed by atoms with Crippen LogP contribution in [0.2, 0.25) is 5.02 Å². The van der Waals surface area contributed by atoms with Crippen molar-refractivity contribution in [1.82, 2.24) is 10.2 Å². The molecule has 0 spiro atoms. The zero-order chi connectivity index (χ0) is 28.9. The summed E-state index contributed by atoms with van der Waals surface area (Å²) in [6, 6.07) is 19.6. The monoisotopic (exact) mass is 645 g/mol. The molecule has 212 valence electrons. The molecule has 1 N–H and O–H groups in total. The van der Waals surface area contributed by atoms with Gasteiger partial charge in [0.2, 0.25) is 11.8 Å². The molecule has 1 fully saturated rings. The van der Waals surface area contributed by atoms with Gasteiger partial charge in [-0.2, -0.15) is 0 Å². The third kappa shape index (κ3) is 7.25. The van der Waals surface area contributed by atoms with Gasteiger partial charge in [0.1, 0.15) is 12.6 Å². The van der Waals surface area contributed by atoms with Crippen LogP contribution < -0.4 is 9.62 Å². The van der Waals surface area contributed by atoms with Crippen molar-refractivity contribution >= 4 is 55.1 Å². The quantitative estimate of drug-likeness (QED) is 0.289. The van der Waals surface area contributed by atoms with Crippen LogP contribution in [0.25, 0.3) is 0 Å². The lowest BCUT2D eigenvalue weighted by atomic mass is 10.1. The predicted molar refractivity (Wildman–Crippen MR) is 162 cm³/mol. The number of amides is 2. The first-order chi connectivity index (χ1) is 19.1. The second-order valence-corrected chi connectivity index (χ2v) is 13.3. The molecule has 0 unspecified atom stereocenters. The van der Waals surface area contributed by atoms with E-state index in [1.807, 2.05) is 24.3 Å². The molecule has 3 aromatic rings. The summed E-state index contributed by atoms with van der Waals surface area (Å²) >= 11 is 9.59. The fourth-order valence-electron chi connectivity index (χ4n) is 4.89. The van der Waals surface area contributed by atoms with Gasteiger partial charge in [-0.15, -0.1) is 0 Å². The van der Waals surface area contributed by atoms with Gasteiger partial charge in [0.15, 0.2) is 0 Å². The molecule has 0 radical (unpaired) electrons. The molecule has 4 rings (SSSR count). The average molecular weight is 647 g/mol. The van der Waals surface area contributed by atoms with Crippen LogP contribution in [0.1, 0.15) is 43.7 Å². The van der Waals surface area contributed by atoms with E-state index in [2.05, 4.69) is 21.2 Å². The van der Waals surface area contributed by atoms with Gasteiger partial charge in [-0.1, -0.05) is 70.7 Å². The number of sulfonamides is 1. The minimum atomic E-state index is -4.13. The van der Waals surface area contributed by atoms with E-state index in [-0.39, 0.29) is 23.4 Å². The molecule has 0 aromatic heterocycles. The number of hydrogen-bond acceptors (Lipinski definition) is 4. The maximum Gasteiger partial charge on any atom is 0.264 e. The van der Waals surface area contributed by atoms with Crippen LogP contribution >= 0.6 is 27.5 Å². The van der Waals surface area contributed by atoms with Crippen molar-refractivity contribution in [2.24, 2.45) is 0 Å². The van der Waals surface area contributed by atoms with E-state index in [1.165, 1.54) is 17.0 Å². The number of aryl methyl sites for hydroxylation is 1. The smallest absolute Gasteiger partial charge is 0.264 e. The zero-order valence-electron chi connectivity index (χ0n) is 22.5. The van der Waals surface area contributed by atoms with Crippen molar-refractivity contribution in [3.8, 4) is 0 Å². The van der Waals surface area contributed by atoms with Gasteiger partial charge in [0.05, 0.1) is 10.6 Å². The highest BCUT2D eigenvalue weighted by Crippen LogP contribution is 2.29. The van der Waals surface area contributed by atoms with Crippen LogP contribution in [0.15, 0.2) is 82.2 Å². The maximum absolute atomic E-state index is 14.0. The van der Waals surface area contributed by atoms with Gasteiger partial charge in [0, 0.05) is 22.1 Å². The number of rotatable bonds is 10. The molecule has 7 nitrogen and oxygen atoms in total. The lowest BCUT2D eigenvalue weighted by Crippen LogP contribution is -2.52. The Morgan fingerprint density at radius 1 is 1.02 bits per heavy atom. The summed E-state index contributed by atoms with van der Waals surface area (Å²) < 4.78 is 29.8. The lowest BCUT2D eigenvalue weighted by Gasteiger charge is -2.33. The topological polar surface area (TPSA) is 86.8 Å². The Morgan fingerprint density at radius 2 is 1.68 bits per heavy atom. The molecule has 10 heteroatoms. The summed E-state index contributed by atoms with van der Waals surface area (Å²) in [6.45, 7) is 3.09. The van der Waals surface area contributed by atoms with Gasteiger partial charge in [-0.25, -0.2) is 8.42 Å². The Morgan fingerprint density at radius 3 is 2.30 bits per heavy atom. The van der Waals surface area contributed by atoms with Gasteiger partial charge in [-0.05, 0) is 80.3 Å². The highest BCUT2D eigenvalue weighted by molar-refractivity contribution is 9.10. The van der Waals surface area contributed by atoms with E-state index in [0.717, 1.165) is 40.0 Å². The minimum Gasteiger partial charge on any atom is -0.352 e. The second kappa shape index (κ2) is 13.2. The van der Waals surface area contributed by atoms with Crippen LogP contribution in [-0.2, 0) is 26.2 Å². The van der Waals surface area contributed by atoms with Gasteiger partial charge < -0.3 is 10.2 Å². The molecule has 1 atom stereocenters. The summed E-state index contributed by atoms with van der Waals surface area (Å²) in [5.74, 6) is -0.747. The highest BCUT2D eigenvalue weighted by atomic mass is 79.9. The average Bonchev–Trinajstić information content (AvgIpc) is 3.45. The fraction of sp³-hybridized carbons (Fsp3) is 0.333. The Kier molecular flexibility index (Phi) is 9.92. The molecule has 0 bridgehead atoms. The third-order valence-electron chi connectivity index (χ3n) is 7.17. The zero-order valence-corrected chi connectivity index (χ0v) is 25.7. The summed E-state index contributed by atoms with van der Waals surface area (Å²) in [5, 5.41) is 3.54. The molecular formula is C30H33BrClN3O4S. The number of nitrogens with zero attached hydrogens (tertiary/aromatic N) is 2. The number of halogens is 2. The molecule has 0 heterocycles. The number of carbonyl (C=O) groups excluding carboxylic acids is 2. The molecule has 3 aromatic carbocycles. The first-order valence-corrected chi connectivity index (χ1v) is 15.9. The van der Waals surface area contributed by atoms with Crippen LogP contribution in [-0.4, -0.2) is 43.8 Å². The van der Waals surface area contributed by atoms with E-state index in [4.69, 9.17) is 11.6 Å². The van der Waals surface area contributed by atoms with Crippen molar-refractivity contribution in [2.75, 3.05) is 10.8 Å². The molecule has 0 aliphatic heterocycles. The Balaban J connectivity index is 1.70. The van der Waals surface area contributed by atoms with Crippen LogP contribution in [0, 0.1) is 6.92 Å². The van der Waals surface area contributed by atoms with Gasteiger partial charge in [0.25, 0.3) is 10.0 Å². The largest absolute Gasteiger partial charge is 0.352 e. The van der Waals surface area contributed by atoms with E-state index in [1.54, 1.807) is 50.2 Å². The van der Waals surface area contributed by atoms with Crippen molar-refractivity contribution in [2.45, 2.75) is 63.1 Å². The summed E-state index contributed by atoms with van der Waals surface area (Å²) in [4.78, 5) is 28.8. The number of hydrogen-bond donors (Lipinski definition) is 1. The minimum absolute atomic E-state index is 0.0589.